The summed E-state index contributed by atoms with van der Waals surface area (Å²) in [6, 6.07) is 0. The largest absolute Gasteiger partial charge is 0.393 e. The van der Waals surface area contributed by atoms with Gasteiger partial charge in [-0.2, -0.15) is 0 Å². The standard InChI is InChI=1S/C13H29NO/c1-5-6-8-12(15)9-7-10-14-11-13(2,3)4/h12,14-15H,5-11H2,1-4H3/t12-/m0/s1. The average molecular weight is 215 g/mol. The van der Waals surface area contributed by atoms with Crippen LogP contribution in [0.25, 0.3) is 0 Å². The van der Waals surface area contributed by atoms with E-state index in [1.54, 1.807) is 0 Å². The molecule has 0 unspecified atom stereocenters. The Balaban J connectivity index is 3.23. The lowest BCUT2D eigenvalue weighted by atomic mass is 9.97. The van der Waals surface area contributed by atoms with Crippen molar-refractivity contribution in [2.45, 2.75) is 65.9 Å². The molecule has 0 spiro atoms. The first-order valence-electron chi connectivity index (χ1n) is 6.34. The number of unbranched alkanes of at least 4 members (excludes halogenated alkanes) is 1. The van der Waals surface area contributed by atoms with Gasteiger partial charge in [0.15, 0.2) is 0 Å². The third-order valence-electron chi connectivity index (χ3n) is 2.44. The first-order valence-corrected chi connectivity index (χ1v) is 6.34. The van der Waals surface area contributed by atoms with Gasteiger partial charge in [-0.05, 0) is 37.8 Å². The van der Waals surface area contributed by atoms with Crippen molar-refractivity contribution in [3.8, 4) is 0 Å². The van der Waals surface area contributed by atoms with Crippen molar-refractivity contribution in [2.75, 3.05) is 13.1 Å². The van der Waals surface area contributed by atoms with Crippen molar-refractivity contribution in [1.29, 1.82) is 0 Å². The maximum absolute atomic E-state index is 9.61. The second-order valence-electron chi connectivity index (χ2n) is 5.68. The summed E-state index contributed by atoms with van der Waals surface area (Å²) in [5.74, 6) is 0. The topological polar surface area (TPSA) is 32.3 Å². The van der Waals surface area contributed by atoms with E-state index in [9.17, 15) is 5.11 Å². The quantitative estimate of drug-likeness (QED) is 0.610. The van der Waals surface area contributed by atoms with Crippen LogP contribution in [0.3, 0.4) is 0 Å². The first kappa shape index (κ1) is 14.9. The molecule has 0 aliphatic rings. The minimum atomic E-state index is -0.0820. The fraction of sp³-hybridized carbons (Fsp3) is 1.00. The molecular weight excluding hydrogens is 186 g/mol. The van der Waals surface area contributed by atoms with Gasteiger partial charge < -0.3 is 10.4 Å². The molecule has 15 heavy (non-hydrogen) atoms. The Morgan fingerprint density at radius 2 is 1.73 bits per heavy atom. The zero-order valence-corrected chi connectivity index (χ0v) is 11.0. The third kappa shape index (κ3) is 11.8. The molecule has 0 aliphatic carbocycles. The molecule has 2 N–H and O–H groups in total. The molecule has 0 saturated heterocycles. The molecular formula is C13H29NO. The minimum absolute atomic E-state index is 0.0820. The highest BCUT2D eigenvalue weighted by atomic mass is 16.3. The molecule has 2 heteroatoms. The maximum Gasteiger partial charge on any atom is 0.0540 e. The zero-order chi connectivity index (χ0) is 11.7. The van der Waals surface area contributed by atoms with E-state index in [-0.39, 0.29) is 6.10 Å². The Labute approximate surface area is 95.5 Å². The second-order valence-corrected chi connectivity index (χ2v) is 5.68. The Bertz CT molecular complexity index is 140. The van der Waals surface area contributed by atoms with E-state index in [4.69, 9.17) is 0 Å². The number of nitrogens with one attached hydrogen (secondary N) is 1. The van der Waals surface area contributed by atoms with E-state index in [0.29, 0.717) is 5.41 Å². The van der Waals surface area contributed by atoms with E-state index in [0.717, 1.165) is 38.8 Å². The Hall–Kier alpha value is -0.0800. The highest BCUT2D eigenvalue weighted by molar-refractivity contribution is 4.65. The van der Waals surface area contributed by atoms with Gasteiger partial charge in [0.1, 0.15) is 0 Å². The molecule has 0 saturated carbocycles. The highest BCUT2D eigenvalue weighted by Crippen LogP contribution is 2.10. The molecule has 0 aliphatic heterocycles. The molecule has 1 atom stereocenters. The average Bonchev–Trinajstić information content (AvgIpc) is 2.12. The lowest BCUT2D eigenvalue weighted by Crippen LogP contribution is -2.28. The lowest BCUT2D eigenvalue weighted by molar-refractivity contribution is 0.148. The number of aliphatic hydroxyl groups excluding tert-OH is 1. The van der Waals surface area contributed by atoms with Crippen molar-refractivity contribution >= 4 is 0 Å². The van der Waals surface area contributed by atoms with Gasteiger partial charge in [-0.1, -0.05) is 40.5 Å². The van der Waals surface area contributed by atoms with Gasteiger partial charge in [0, 0.05) is 0 Å². The fourth-order valence-corrected chi connectivity index (χ4v) is 1.51. The molecule has 0 radical (unpaired) electrons. The van der Waals surface area contributed by atoms with Crippen LogP contribution in [0.15, 0.2) is 0 Å². The summed E-state index contributed by atoms with van der Waals surface area (Å²) in [5, 5.41) is 13.0. The molecule has 2 nitrogen and oxygen atoms in total. The monoisotopic (exact) mass is 215 g/mol. The van der Waals surface area contributed by atoms with Crippen LogP contribution < -0.4 is 5.32 Å². The van der Waals surface area contributed by atoms with Crippen LogP contribution in [0.4, 0.5) is 0 Å². The third-order valence-corrected chi connectivity index (χ3v) is 2.44. The zero-order valence-electron chi connectivity index (χ0n) is 11.0. The molecule has 0 aromatic heterocycles. The van der Waals surface area contributed by atoms with Crippen molar-refractivity contribution in [3.05, 3.63) is 0 Å². The Morgan fingerprint density at radius 1 is 1.13 bits per heavy atom. The van der Waals surface area contributed by atoms with Crippen LogP contribution in [-0.4, -0.2) is 24.3 Å². The van der Waals surface area contributed by atoms with Crippen LogP contribution in [-0.2, 0) is 0 Å². The summed E-state index contributed by atoms with van der Waals surface area (Å²) in [7, 11) is 0. The van der Waals surface area contributed by atoms with Crippen molar-refractivity contribution in [1.82, 2.24) is 5.32 Å². The number of aliphatic hydroxyl groups is 1. The maximum atomic E-state index is 9.61. The normalized spacial score (nSPS) is 14.2. The summed E-state index contributed by atoms with van der Waals surface area (Å²) in [5.41, 5.74) is 0.362. The van der Waals surface area contributed by atoms with E-state index in [1.165, 1.54) is 6.42 Å². The van der Waals surface area contributed by atoms with Crippen LogP contribution in [0.5, 0.6) is 0 Å². The van der Waals surface area contributed by atoms with Crippen molar-refractivity contribution in [2.24, 2.45) is 5.41 Å². The van der Waals surface area contributed by atoms with Crippen molar-refractivity contribution in [3.63, 3.8) is 0 Å². The molecule has 0 heterocycles. The number of hydrogen-bond donors (Lipinski definition) is 2. The smallest absolute Gasteiger partial charge is 0.0540 e. The van der Waals surface area contributed by atoms with Gasteiger partial charge in [0.2, 0.25) is 0 Å². The van der Waals surface area contributed by atoms with Gasteiger partial charge in [-0.3, -0.25) is 0 Å². The molecule has 0 rings (SSSR count). The van der Waals surface area contributed by atoms with E-state index in [1.807, 2.05) is 0 Å². The summed E-state index contributed by atoms with van der Waals surface area (Å²) >= 11 is 0. The van der Waals surface area contributed by atoms with Gasteiger partial charge in [-0.15, -0.1) is 0 Å². The minimum Gasteiger partial charge on any atom is -0.393 e. The van der Waals surface area contributed by atoms with Crippen molar-refractivity contribution < 1.29 is 5.11 Å². The van der Waals surface area contributed by atoms with Gasteiger partial charge >= 0.3 is 0 Å². The second kappa shape index (κ2) is 8.12. The predicted molar refractivity (Wildman–Crippen MR) is 67.1 cm³/mol. The summed E-state index contributed by atoms with van der Waals surface area (Å²) in [4.78, 5) is 0. The summed E-state index contributed by atoms with van der Waals surface area (Å²) in [6.07, 6.45) is 5.24. The van der Waals surface area contributed by atoms with E-state index < -0.39 is 0 Å². The highest BCUT2D eigenvalue weighted by Gasteiger charge is 2.08. The molecule has 0 aromatic carbocycles. The van der Waals surface area contributed by atoms with Crippen LogP contribution in [0.1, 0.15) is 59.8 Å². The number of hydrogen-bond acceptors (Lipinski definition) is 2. The molecule has 0 fully saturated rings. The number of rotatable bonds is 8. The summed E-state index contributed by atoms with van der Waals surface area (Å²) in [6.45, 7) is 10.9. The molecule has 0 aromatic rings. The first-order chi connectivity index (χ1) is 6.95. The van der Waals surface area contributed by atoms with E-state index in [2.05, 4.69) is 33.0 Å². The van der Waals surface area contributed by atoms with Crippen LogP contribution >= 0.6 is 0 Å². The Kier molecular flexibility index (Phi) is 8.07. The van der Waals surface area contributed by atoms with E-state index >= 15 is 0 Å². The lowest BCUT2D eigenvalue weighted by Gasteiger charge is -2.19. The van der Waals surface area contributed by atoms with Gasteiger partial charge in [-0.25, -0.2) is 0 Å². The van der Waals surface area contributed by atoms with Crippen LogP contribution in [0, 0.1) is 5.41 Å². The summed E-state index contributed by atoms with van der Waals surface area (Å²) < 4.78 is 0. The van der Waals surface area contributed by atoms with Gasteiger partial charge in [0.25, 0.3) is 0 Å². The molecule has 0 bridgehead atoms. The Morgan fingerprint density at radius 3 is 2.27 bits per heavy atom. The predicted octanol–water partition coefficient (Wildman–Crippen LogP) is 2.95. The fourth-order valence-electron chi connectivity index (χ4n) is 1.51. The molecule has 92 valence electrons. The molecule has 0 amide bonds. The SMILES string of the molecule is CCCC[C@H](O)CCCNCC(C)(C)C. The van der Waals surface area contributed by atoms with Gasteiger partial charge in [0.05, 0.1) is 6.10 Å². The van der Waals surface area contributed by atoms with Crippen LogP contribution in [0.2, 0.25) is 0 Å².